The molecule has 1 heterocycles. The molecule has 6 heteroatoms. The van der Waals surface area contributed by atoms with Crippen LogP contribution in [0.3, 0.4) is 0 Å². The third-order valence-corrected chi connectivity index (χ3v) is 2.43. The Morgan fingerprint density at radius 1 is 1.23 bits per heavy atom. The number of nitrogens with zero attached hydrogens (tertiary/aromatic N) is 4. The minimum absolute atomic E-state index is 0.662. The van der Waals surface area contributed by atoms with Gasteiger partial charge in [0.05, 0.1) is 5.69 Å². The molecule has 0 aliphatic carbocycles. The number of rotatable bonds is 2. The Hall–Kier alpha value is -1.01. The summed E-state index contributed by atoms with van der Waals surface area (Å²) in [6.45, 7) is 0. The number of benzene rings is 1. The summed E-state index contributed by atoms with van der Waals surface area (Å²) in [7, 11) is 1.22. The van der Waals surface area contributed by atoms with E-state index in [0.717, 1.165) is 5.69 Å². The van der Waals surface area contributed by atoms with Gasteiger partial charge in [-0.1, -0.05) is 18.2 Å². The van der Waals surface area contributed by atoms with Gasteiger partial charge in [0.15, 0.2) is 0 Å². The Morgan fingerprint density at radius 3 is 2.69 bits per heavy atom. The van der Waals surface area contributed by atoms with Crippen molar-refractivity contribution in [2.45, 2.75) is 5.16 Å². The summed E-state index contributed by atoms with van der Waals surface area (Å²) >= 11 is 4.05. The van der Waals surface area contributed by atoms with Gasteiger partial charge in [-0.3, -0.25) is 0 Å². The maximum atomic E-state index is 4.05. The first-order valence-corrected chi connectivity index (χ1v) is 5.44. The third-order valence-electron chi connectivity index (χ3n) is 1.52. The van der Waals surface area contributed by atoms with Crippen molar-refractivity contribution in [2.24, 2.45) is 0 Å². The minimum atomic E-state index is 0.662. The van der Waals surface area contributed by atoms with Gasteiger partial charge in [0.2, 0.25) is 5.16 Å². The molecule has 0 bridgehead atoms. The van der Waals surface area contributed by atoms with Crippen LogP contribution < -0.4 is 0 Å². The molecule has 66 valence electrons. The van der Waals surface area contributed by atoms with Gasteiger partial charge in [-0.15, -0.1) is 16.8 Å². The summed E-state index contributed by atoms with van der Waals surface area (Å²) in [6, 6.07) is 9.68. The first-order chi connectivity index (χ1) is 6.42. The van der Waals surface area contributed by atoms with Crippen LogP contribution >= 0.6 is 22.5 Å². The Balaban J connectivity index is 2.47. The van der Waals surface area contributed by atoms with E-state index in [-0.39, 0.29) is 0 Å². The van der Waals surface area contributed by atoms with Gasteiger partial charge in [0.25, 0.3) is 0 Å². The molecule has 0 fully saturated rings. The van der Waals surface area contributed by atoms with Crippen molar-refractivity contribution in [1.82, 2.24) is 20.2 Å². The second kappa shape index (κ2) is 3.80. The van der Waals surface area contributed by atoms with Crippen molar-refractivity contribution in [2.75, 3.05) is 0 Å². The molecule has 2 aromatic rings. The van der Waals surface area contributed by atoms with E-state index in [0.29, 0.717) is 5.16 Å². The number of hydrogen-bond acceptors (Lipinski definition) is 5. The molecule has 13 heavy (non-hydrogen) atoms. The molecule has 0 amide bonds. The van der Waals surface area contributed by atoms with E-state index in [9.17, 15) is 0 Å². The molecular weight excluding hydrogens is 204 g/mol. The lowest BCUT2D eigenvalue weighted by molar-refractivity contribution is 0.758. The predicted octanol–water partition coefficient (Wildman–Crippen LogP) is 1.60. The molecule has 0 aliphatic heterocycles. The van der Waals surface area contributed by atoms with E-state index in [2.05, 4.69) is 27.2 Å². The summed E-state index contributed by atoms with van der Waals surface area (Å²) in [5, 5.41) is 11.9. The molecule has 2 rings (SSSR count). The largest absolute Gasteiger partial charge is 0.224 e. The normalized spacial score (nSPS) is 10.2. The van der Waals surface area contributed by atoms with Crippen molar-refractivity contribution in [3.05, 3.63) is 30.3 Å². The molecule has 0 unspecified atom stereocenters. The molecule has 0 atom stereocenters. The van der Waals surface area contributed by atoms with E-state index >= 15 is 0 Å². The van der Waals surface area contributed by atoms with Crippen LogP contribution in [0.4, 0.5) is 0 Å². The minimum Gasteiger partial charge on any atom is -0.187 e. The Bertz CT molecular complexity index is 386. The van der Waals surface area contributed by atoms with Gasteiger partial charge in [-0.2, -0.15) is 4.68 Å². The molecule has 0 N–H and O–H groups in total. The maximum absolute atomic E-state index is 4.05. The Kier molecular flexibility index (Phi) is 2.51. The van der Waals surface area contributed by atoms with Gasteiger partial charge < -0.3 is 0 Å². The molecule has 0 radical (unpaired) electrons. The van der Waals surface area contributed by atoms with Crippen LogP contribution in [-0.4, -0.2) is 20.2 Å². The van der Waals surface area contributed by atoms with Gasteiger partial charge in [0.1, 0.15) is 0 Å². The van der Waals surface area contributed by atoms with Crippen LogP contribution in [0, 0.1) is 0 Å². The zero-order chi connectivity index (χ0) is 9.10. The first-order valence-electron chi connectivity index (χ1n) is 3.57. The zero-order valence-corrected chi connectivity index (χ0v) is 8.24. The second-order valence-corrected chi connectivity index (χ2v) is 3.40. The maximum Gasteiger partial charge on any atom is 0.224 e. The van der Waals surface area contributed by atoms with Crippen molar-refractivity contribution in [1.29, 1.82) is 0 Å². The number of aromatic nitrogens is 4. The average Bonchev–Trinajstić information content (AvgIpc) is 2.67. The molecule has 0 saturated heterocycles. The van der Waals surface area contributed by atoms with Crippen LogP contribution in [0.25, 0.3) is 5.69 Å². The monoisotopic (exact) mass is 210 g/mol. The number of tetrazole rings is 1. The van der Waals surface area contributed by atoms with Crippen molar-refractivity contribution < 1.29 is 0 Å². The lowest BCUT2D eigenvalue weighted by Gasteiger charge is -1.99. The molecule has 0 saturated carbocycles. The van der Waals surface area contributed by atoms with E-state index in [1.54, 1.807) is 4.68 Å². The van der Waals surface area contributed by atoms with Crippen LogP contribution in [0.1, 0.15) is 0 Å². The fourth-order valence-electron chi connectivity index (χ4n) is 0.967. The van der Waals surface area contributed by atoms with Crippen LogP contribution in [-0.2, 0) is 0 Å². The highest BCUT2D eigenvalue weighted by Crippen LogP contribution is 2.19. The quantitative estimate of drug-likeness (QED) is 0.604. The summed E-state index contributed by atoms with van der Waals surface area (Å²) in [4.78, 5) is 0. The standard InChI is InChI=1S/C7H6N4S2/c12-13-7-8-9-10-11(7)6-4-2-1-3-5-6/h1-5,12H. The lowest BCUT2D eigenvalue weighted by atomic mass is 10.3. The molecule has 0 spiro atoms. The first kappa shape index (κ1) is 8.58. The SMILES string of the molecule is SSc1nnnn1-c1ccccc1. The second-order valence-electron chi connectivity index (χ2n) is 2.30. The zero-order valence-electron chi connectivity index (χ0n) is 6.53. The predicted molar refractivity (Wildman–Crippen MR) is 54.0 cm³/mol. The third kappa shape index (κ3) is 1.68. The Morgan fingerprint density at radius 2 is 2.00 bits per heavy atom. The lowest BCUT2D eigenvalue weighted by Crippen LogP contribution is -1.97. The van der Waals surface area contributed by atoms with E-state index in [1.807, 2.05) is 30.3 Å². The van der Waals surface area contributed by atoms with E-state index in [1.165, 1.54) is 10.8 Å². The number of hydrogen-bond donors (Lipinski definition) is 1. The Labute approximate surface area is 84.2 Å². The highest BCUT2D eigenvalue weighted by molar-refractivity contribution is 8.68. The highest BCUT2D eigenvalue weighted by atomic mass is 33.1. The van der Waals surface area contributed by atoms with Gasteiger partial charge in [0, 0.05) is 0 Å². The van der Waals surface area contributed by atoms with Crippen molar-refractivity contribution >= 4 is 22.5 Å². The summed E-state index contributed by atoms with van der Waals surface area (Å²) in [6.07, 6.45) is 0. The van der Waals surface area contributed by atoms with E-state index < -0.39 is 0 Å². The van der Waals surface area contributed by atoms with Crippen molar-refractivity contribution in [3.63, 3.8) is 0 Å². The van der Waals surface area contributed by atoms with Crippen LogP contribution in [0.2, 0.25) is 0 Å². The van der Waals surface area contributed by atoms with Crippen LogP contribution in [0.5, 0.6) is 0 Å². The van der Waals surface area contributed by atoms with Gasteiger partial charge >= 0.3 is 0 Å². The molecular formula is C7H6N4S2. The molecule has 0 aliphatic rings. The van der Waals surface area contributed by atoms with E-state index in [4.69, 9.17) is 0 Å². The average molecular weight is 210 g/mol. The topological polar surface area (TPSA) is 43.6 Å². The highest BCUT2D eigenvalue weighted by Gasteiger charge is 2.05. The van der Waals surface area contributed by atoms with Crippen LogP contribution in [0.15, 0.2) is 35.5 Å². The fourth-order valence-corrected chi connectivity index (χ4v) is 1.60. The summed E-state index contributed by atoms with van der Waals surface area (Å²) in [5.74, 6) is 0. The van der Waals surface area contributed by atoms with Gasteiger partial charge in [-0.25, -0.2) is 0 Å². The number of thiol groups is 1. The molecule has 4 nitrogen and oxygen atoms in total. The summed E-state index contributed by atoms with van der Waals surface area (Å²) in [5.41, 5.74) is 0.934. The fraction of sp³-hybridized carbons (Fsp3) is 0. The molecule has 1 aromatic carbocycles. The van der Waals surface area contributed by atoms with Crippen molar-refractivity contribution in [3.8, 4) is 5.69 Å². The summed E-state index contributed by atoms with van der Waals surface area (Å²) < 4.78 is 1.64. The number of para-hydroxylation sites is 1. The smallest absolute Gasteiger partial charge is 0.187 e. The molecule has 1 aromatic heterocycles. The van der Waals surface area contributed by atoms with Gasteiger partial charge in [-0.05, 0) is 33.4 Å².